The van der Waals surface area contributed by atoms with Gasteiger partial charge in [-0.25, -0.2) is 9.83 Å². The molecule has 2 aromatic heterocycles. The van der Waals surface area contributed by atoms with Gasteiger partial charge < -0.3 is 24.6 Å². The molecule has 200 valence electrons. The quantitative estimate of drug-likeness (QED) is 0.280. The molecule has 5 rings (SSSR count). The summed E-state index contributed by atoms with van der Waals surface area (Å²) in [6.07, 6.45) is 6.52. The van der Waals surface area contributed by atoms with E-state index in [4.69, 9.17) is 22.9 Å². The van der Waals surface area contributed by atoms with Crippen LogP contribution in [0.15, 0.2) is 55.1 Å². The molecule has 1 fully saturated rings. The van der Waals surface area contributed by atoms with Gasteiger partial charge in [0.1, 0.15) is 5.75 Å². The number of fused-ring (bicyclic) bond motifs is 1. The van der Waals surface area contributed by atoms with Crippen LogP contribution in [0.4, 0.5) is 17.3 Å². The smallest absolute Gasteiger partial charge is 0.188 e. The molecule has 0 amide bonds. The minimum absolute atomic E-state index is 0. The highest BCUT2D eigenvalue weighted by atomic mass is 35.5. The highest BCUT2D eigenvalue weighted by Gasteiger charge is 2.33. The predicted molar refractivity (Wildman–Crippen MR) is 154 cm³/mol. The summed E-state index contributed by atoms with van der Waals surface area (Å²) in [5.74, 6) is 1.97. The zero-order chi connectivity index (χ0) is 25.1. The van der Waals surface area contributed by atoms with E-state index in [0.717, 1.165) is 22.2 Å². The Morgan fingerprint density at radius 1 is 1.13 bits per heavy atom. The number of benzene rings is 2. The van der Waals surface area contributed by atoms with Crippen molar-refractivity contribution in [3.05, 3.63) is 77.1 Å². The Hall–Kier alpha value is -3.29. The Bertz CT molecular complexity index is 1420. The van der Waals surface area contributed by atoms with Crippen molar-refractivity contribution in [1.82, 2.24) is 19.7 Å². The van der Waals surface area contributed by atoms with Gasteiger partial charge in [0.15, 0.2) is 17.3 Å². The second-order valence-electron chi connectivity index (χ2n) is 8.98. The SMILES string of the molecule is Cl.Cl.[C-]#[N+]c1ccc2c(N3CCC(O)(Cn4ccnc4)CC3)nnc(NCc3ccc(OC)c(Cl)c3)c2c1. The van der Waals surface area contributed by atoms with Gasteiger partial charge in [0, 0.05) is 42.8 Å². The molecule has 4 aromatic rings. The topological polar surface area (TPSA) is 92.7 Å². The van der Waals surface area contributed by atoms with Crippen LogP contribution >= 0.6 is 36.4 Å². The molecule has 2 aromatic carbocycles. The lowest BCUT2D eigenvalue weighted by Gasteiger charge is -2.39. The molecule has 3 heterocycles. The van der Waals surface area contributed by atoms with Crippen molar-refractivity contribution < 1.29 is 9.84 Å². The van der Waals surface area contributed by atoms with Crippen LogP contribution in [-0.4, -0.2) is 50.7 Å². The normalized spacial score (nSPS) is 14.2. The average Bonchev–Trinajstić information content (AvgIpc) is 3.40. The molecule has 1 aliphatic rings. The molecule has 38 heavy (non-hydrogen) atoms. The van der Waals surface area contributed by atoms with E-state index in [1.807, 2.05) is 41.1 Å². The van der Waals surface area contributed by atoms with E-state index in [-0.39, 0.29) is 24.8 Å². The number of anilines is 2. The molecule has 0 bridgehead atoms. The van der Waals surface area contributed by atoms with Crippen LogP contribution in [0.1, 0.15) is 18.4 Å². The fraction of sp³-hybridized carbons (Fsp3) is 0.308. The second kappa shape index (κ2) is 12.5. The Morgan fingerprint density at radius 3 is 2.58 bits per heavy atom. The van der Waals surface area contributed by atoms with Crippen molar-refractivity contribution in [3.8, 4) is 5.75 Å². The van der Waals surface area contributed by atoms with Crippen molar-refractivity contribution in [1.29, 1.82) is 0 Å². The zero-order valence-corrected chi connectivity index (χ0v) is 23.1. The maximum atomic E-state index is 11.1. The van der Waals surface area contributed by atoms with Gasteiger partial charge in [-0.15, -0.1) is 35.0 Å². The number of methoxy groups -OCH3 is 1. The van der Waals surface area contributed by atoms with Crippen molar-refractivity contribution in [2.24, 2.45) is 0 Å². The highest BCUT2D eigenvalue weighted by Crippen LogP contribution is 2.35. The van der Waals surface area contributed by atoms with Gasteiger partial charge in [-0.2, -0.15) is 0 Å². The van der Waals surface area contributed by atoms with Crippen LogP contribution in [0.5, 0.6) is 5.75 Å². The van der Waals surface area contributed by atoms with Crippen LogP contribution in [0.3, 0.4) is 0 Å². The number of hydrogen-bond acceptors (Lipinski definition) is 7. The third-order valence-electron chi connectivity index (χ3n) is 6.58. The van der Waals surface area contributed by atoms with Gasteiger partial charge in [0.2, 0.25) is 0 Å². The first kappa shape index (κ1) is 29.3. The van der Waals surface area contributed by atoms with Crippen LogP contribution < -0.4 is 15.0 Å². The molecule has 0 spiro atoms. The molecule has 12 heteroatoms. The number of imidazole rings is 1. The Balaban J connectivity index is 0.00000200. The lowest BCUT2D eigenvalue weighted by molar-refractivity contribution is -0.000162. The number of halogens is 3. The molecule has 0 unspecified atom stereocenters. The van der Waals surface area contributed by atoms with Crippen molar-refractivity contribution in [2.45, 2.75) is 31.5 Å². The predicted octanol–water partition coefficient (Wildman–Crippen LogP) is 5.53. The van der Waals surface area contributed by atoms with Gasteiger partial charge >= 0.3 is 0 Å². The number of piperidine rings is 1. The molecule has 0 radical (unpaired) electrons. The minimum Gasteiger partial charge on any atom is -0.495 e. The number of ether oxygens (including phenoxy) is 1. The third-order valence-corrected chi connectivity index (χ3v) is 6.87. The van der Waals surface area contributed by atoms with E-state index < -0.39 is 5.60 Å². The Labute approximate surface area is 238 Å². The number of nitrogens with zero attached hydrogens (tertiary/aromatic N) is 6. The summed E-state index contributed by atoms with van der Waals surface area (Å²) < 4.78 is 7.14. The fourth-order valence-corrected chi connectivity index (χ4v) is 4.86. The van der Waals surface area contributed by atoms with Gasteiger partial charge in [0.05, 0.1) is 37.2 Å². The summed E-state index contributed by atoms with van der Waals surface area (Å²) in [5.41, 5.74) is 0.707. The molecule has 1 saturated heterocycles. The van der Waals surface area contributed by atoms with E-state index in [1.54, 1.807) is 25.7 Å². The molecule has 9 nitrogen and oxygen atoms in total. The average molecular weight is 577 g/mol. The molecule has 1 aliphatic heterocycles. The van der Waals surface area contributed by atoms with Crippen molar-refractivity contribution in [3.63, 3.8) is 0 Å². The maximum absolute atomic E-state index is 11.1. The fourth-order valence-electron chi connectivity index (χ4n) is 4.58. The van der Waals surface area contributed by atoms with E-state index in [9.17, 15) is 5.11 Å². The van der Waals surface area contributed by atoms with Crippen LogP contribution in [0.25, 0.3) is 15.6 Å². The van der Waals surface area contributed by atoms with Gasteiger partial charge in [0.25, 0.3) is 0 Å². The summed E-state index contributed by atoms with van der Waals surface area (Å²) >= 11 is 6.27. The lowest BCUT2D eigenvalue weighted by Crippen LogP contribution is -2.47. The number of aliphatic hydroxyl groups is 1. The van der Waals surface area contributed by atoms with Crippen LogP contribution in [-0.2, 0) is 13.1 Å². The summed E-state index contributed by atoms with van der Waals surface area (Å²) in [5, 5.41) is 25.8. The van der Waals surface area contributed by atoms with Gasteiger partial charge in [-0.3, -0.25) is 0 Å². The first-order chi connectivity index (χ1) is 17.5. The largest absolute Gasteiger partial charge is 0.495 e. The molecule has 2 N–H and O–H groups in total. The van der Waals surface area contributed by atoms with Crippen molar-refractivity contribution >= 4 is 64.5 Å². The molecular formula is C26H28Cl3N7O2. The molecular weight excluding hydrogens is 549 g/mol. The van der Waals surface area contributed by atoms with Gasteiger partial charge in [-0.05, 0) is 36.6 Å². The van der Waals surface area contributed by atoms with Gasteiger partial charge in [-0.1, -0.05) is 29.8 Å². The minimum atomic E-state index is -0.793. The standard InChI is InChI=1S/C26H26ClN7O2.2ClH/c1-28-19-4-5-20-21(14-19)24(30-15-18-3-6-23(36-2)22(27)13-18)31-32-25(20)34-10-7-26(35,8-11-34)16-33-12-9-29-17-33;;/h3-6,9,12-14,17,35H,7-8,10-11,15-16H2,2H3,(H,30,31);2*1H. The zero-order valence-electron chi connectivity index (χ0n) is 20.7. The Kier molecular flexibility index (Phi) is 9.63. The van der Waals surface area contributed by atoms with E-state index in [0.29, 0.717) is 61.3 Å². The summed E-state index contributed by atoms with van der Waals surface area (Å²) in [4.78, 5) is 9.82. The lowest BCUT2D eigenvalue weighted by atomic mass is 9.91. The third kappa shape index (κ3) is 6.22. The Morgan fingerprint density at radius 2 is 1.92 bits per heavy atom. The summed E-state index contributed by atoms with van der Waals surface area (Å²) in [6.45, 7) is 9.76. The van der Waals surface area contributed by atoms with E-state index >= 15 is 0 Å². The van der Waals surface area contributed by atoms with Crippen LogP contribution in [0, 0.1) is 6.57 Å². The number of nitrogens with one attached hydrogen (secondary N) is 1. The van der Waals surface area contributed by atoms with E-state index in [2.05, 4.69) is 30.2 Å². The monoisotopic (exact) mass is 575 g/mol. The van der Waals surface area contributed by atoms with Crippen molar-refractivity contribution in [2.75, 3.05) is 30.4 Å². The van der Waals surface area contributed by atoms with E-state index in [1.165, 1.54) is 0 Å². The first-order valence-corrected chi connectivity index (χ1v) is 12.0. The summed E-state index contributed by atoms with van der Waals surface area (Å²) in [6, 6.07) is 11.2. The number of hydrogen-bond donors (Lipinski definition) is 2. The van der Waals surface area contributed by atoms with Crippen LogP contribution in [0.2, 0.25) is 5.02 Å². The highest BCUT2D eigenvalue weighted by molar-refractivity contribution is 6.32. The maximum Gasteiger partial charge on any atom is 0.188 e. The number of rotatable bonds is 7. The molecule has 0 aliphatic carbocycles. The first-order valence-electron chi connectivity index (χ1n) is 11.7. The molecule has 0 atom stereocenters. The summed E-state index contributed by atoms with van der Waals surface area (Å²) in [7, 11) is 1.58. The number of aromatic nitrogens is 4. The second-order valence-corrected chi connectivity index (χ2v) is 9.39. The molecule has 0 saturated carbocycles.